The van der Waals surface area contributed by atoms with Crippen LogP contribution in [0.4, 0.5) is 0 Å². The number of carboxylic acids is 1. The van der Waals surface area contributed by atoms with Gasteiger partial charge in [0.15, 0.2) is 0 Å². The Kier molecular flexibility index (Phi) is 4.95. The minimum Gasteiger partial charge on any atom is -0.481 e. The molecule has 1 unspecified atom stereocenters. The highest BCUT2D eigenvalue weighted by atomic mass is 16.4. The van der Waals surface area contributed by atoms with Gasteiger partial charge in [-0.25, -0.2) is 0 Å². The van der Waals surface area contributed by atoms with Gasteiger partial charge in [-0.3, -0.25) is 4.79 Å². The van der Waals surface area contributed by atoms with Gasteiger partial charge in [0, 0.05) is 0 Å². The van der Waals surface area contributed by atoms with Gasteiger partial charge in [-0.15, -0.1) is 0 Å². The van der Waals surface area contributed by atoms with Gasteiger partial charge in [0.2, 0.25) is 0 Å². The molecule has 0 aliphatic rings. The fourth-order valence-corrected chi connectivity index (χ4v) is 2.80. The van der Waals surface area contributed by atoms with E-state index >= 15 is 0 Å². The first-order chi connectivity index (χ1) is 10.6. The van der Waals surface area contributed by atoms with E-state index in [9.17, 15) is 15.2 Å². The van der Waals surface area contributed by atoms with Crippen molar-refractivity contribution in [1.82, 2.24) is 0 Å². The highest BCUT2D eigenvalue weighted by molar-refractivity contribution is 5.70. The van der Waals surface area contributed by atoms with Crippen molar-refractivity contribution in [3.8, 4) is 6.07 Å². The molecule has 0 fully saturated rings. The fraction of sp³-hybridized carbons (Fsp3) is 0.263. The molecule has 0 saturated heterocycles. The molecule has 1 N–H and O–H groups in total. The van der Waals surface area contributed by atoms with Crippen LogP contribution in [-0.4, -0.2) is 11.1 Å². The molecule has 0 aromatic heterocycles. The van der Waals surface area contributed by atoms with Crippen LogP contribution in [-0.2, 0) is 10.2 Å². The Hall–Kier alpha value is -2.60. The van der Waals surface area contributed by atoms with Crippen LogP contribution >= 0.6 is 0 Å². The number of rotatable bonds is 6. The molecule has 0 aliphatic carbocycles. The minimum absolute atomic E-state index is 0.267. The summed E-state index contributed by atoms with van der Waals surface area (Å²) in [6.07, 6.45) is 0.766. The molecule has 0 spiro atoms. The Morgan fingerprint density at radius 1 is 1.09 bits per heavy atom. The lowest BCUT2D eigenvalue weighted by Gasteiger charge is -2.30. The Morgan fingerprint density at radius 3 is 1.86 bits per heavy atom. The van der Waals surface area contributed by atoms with Gasteiger partial charge in [-0.1, -0.05) is 67.6 Å². The normalized spacial score (nSPS) is 12.4. The number of carboxylic acid groups (broad SMARTS) is 1. The van der Waals surface area contributed by atoms with Gasteiger partial charge in [-0.2, -0.15) is 5.26 Å². The van der Waals surface area contributed by atoms with Gasteiger partial charge >= 0.3 is 5.97 Å². The van der Waals surface area contributed by atoms with Gasteiger partial charge in [0.25, 0.3) is 0 Å². The highest BCUT2D eigenvalue weighted by Gasteiger charge is 2.38. The van der Waals surface area contributed by atoms with Crippen molar-refractivity contribution in [1.29, 1.82) is 5.26 Å². The zero-order chi connectivity index (χ0) is 16.0. The SMILES string of the molecule is CCC(CC(C#N)(c1ccccc1)c1ccccc1)C(=O)O. The maximum atomic E-state index is 11.5. The van der Waals surface area contributed by atoms with E-state index in [1.54, 1.807) is 0 Å². The molecule has 3 nitrogen and oxygen atoms in total. The molecule has 2 aromatic carbocycles. The van der Waals surface area contributed by atoms with E-state index in [1.165, 1.54) is 0 Å². The molecule has 3 heteroatoms. The van der Waals surface area contributed by atoms with Gasteiger partial charge < -0.3 is 5.11 Å². The lowest BCUT2D eigenvalue weighted by molar-refractivity contribution is -0.142. The predicted molar refractivity (Wildman–Crippen MR) is 85.3 cm³/mol. The first-order valence-corrected chi connectivity index (χ1v) is 7.39. The lowest BCUT2D eigenvalue weighted by atomic mass is 9.69. The van der Waals surface area contributed by atoms with Crippen molar-refractivity contribution in [2.45, 2.75) is 25.2 Å². The van der Waals surface area contributed by atoms with Crippen LogP contribution < -0.4 is 0 Å². The second-order valence-corrected chi connectivity index (χ2v) is 5.40. The van der Waals surface area contributed by atoms with E-state index in [1.807, 2.05) is 67.6 Å². The summed E-state index contributed by atoms with van der Waals surface area (Å²) in [6.45, 7) is 1.84. The third-order valence-electron chi connectivity index (χ3n) is 4.12. The van der Waals surface area contributed by atoms with Crippen LogP contribution in [0.5, 0.6) is 0 Å². The molecule has 0 radical (unpaired) electrons. The van der Waals surface area contributed by atoms with Crippen molar-refractivity contribution in [3.05, 3.63) is 71.8 Å². The Morgan fingerprint density at radius 2 is 1.55 bits per heavy atom. The number of hydrogen-bond donors (Lipinski definition) is 1. The molecule has 22 heavy (non-hydrogen) atoms. The number of aliphatic carboxylic acids is 1. The first kappa shape index (κ1) is 15.8. The third kappa shape index (κ3) is 3.01. The number of nitriles is 1. The Labute approximate surface area is 130 Å². The zero-order valence-electron chi connectivity index (χ0n) is 12.6. The Balaban J connectivity index is 2.58. The van der Waals surface area contributed by atoms with E-state index < -0.39 is 17.3 Å². The number of carbonyl (C=O) groups is 1. The van der Waals surface area contributed by atoms with E-state index in [2.05, 4.69) is 6.07 Å². The van der Waals surface area contributed by atoms with Crippen LogP contribution in [0, 0.1) is 17.2 Å². The fourth-order valence-electron chi connectivity index (χ4n) is 2.80. The lowest BCUT2D eigenvalue weighted by Crippen LogP contribution is -2.31. The molecule has 112 valence electrons. The van der Waals surface area contributed by atoms with E-state index in [0.717, 1.165) is 11.1 Å². The van der Waals surface area contributed by atoms with E-state index in [0.29, 0.717) is 6.42 Å². The Bertz CT molecular complexity index is 619. The molecular weight excluding hydrogens is 274 g/mol. The summed E-state index contributed by atoms with van der Waals surface area (Å²) in [4.78, 5) is 11.5. The average Bonchev–Trinajstić information content (AvgIpc) is 2.58. The van der Waals surface area contributed by atoms with Gasteiger partial charge in [0.1, 0.15) is 5.41 Å². The maximum absolute atomic E-state index is 11.5. The van der Waals surface area contributed by atoms with Crippen LogP contribution in [0.2, 0.25) is 0 Å². The van der Waals surface area contributed by atoms with Crippen molar-refractivity contribution < 1.29 is 9.90 Å². The van der Waals surface area contributed by atoms with Crippen LogP contribution in [0.15, 0.2) is 60.7 Å². The predicted octanol–water partition coefficient (Wildman–Crippen LogP) is 4.00. The summed E-state index contributed by atoms with van der Waals surface area (Å²) in [5, 5.41) is 19.4. The number of benzene rings is 2. The van der Waals surface area contributed by atoms with Gasteiger partial charge in [-0.05, 0) is 24.0 Å². The summed E-state index contributed by atoms with van der Waals surface area (Å²) in [5.41, 5.74) is 0.730. The molecule has 2 rings (SSSR count). The van der Waals surface area contributed by atoms with Crippen LogP contribution in [0.25, 0.3) is 0 Å². The first-order valence-electron chi connectivity index (χ1n) is 7.39. The quantitative estimate of drug-likeness (QED) is 0.875. The van der Waals surface area contributed by atoms with Crippen molar-refractivity contribution in [2.24, 2.45) is 5.92 Å². The van der Waals surface area contributed by atoms with Crippen molar-refractivity contribution in [2.75, 3.05) is 0 Å². The van der Waals surface area contributed by atoms with Crippen molar-refractivity contribution >= 4 is 5.97 Å². The number of hydrogen-bond acceptors (Lipinski definition) is 2. The summed E-state index contributed by atoms with van der Waals surface area (Å²) in [7, 11) is 0. The molecule has 1 atom stereocenters. The minimum atomic E-state index is -0.943. The molecule has 0 amide bonds. The highest BCUT2D eigenvalue weighted by Crippen LogP contribution is 2.38. The van der Waals surface area contributed by atoms with Gasteiger partial charge in [0.05, 0.1) is 12.0 Å². The zero-order valence-corrected chi connectivity index (χ0v) is 12.6. The van der Waals surface area contributed by atoms with Crippen LogP contribution in [0.1, 0.15) is 30.9 Å². The van der Waals surface area contributed by atoms with E-state index in [4.69, 9.17) is 0 Å². The van der Waals surface area contributed by atoms with E-state index in [-0.39, 0.29) is 6.42 Å². The second-order valence-electron chi connectivity index (χ2n) is 5.40. The van der Waals surface area contributed by atoms with Crippen molar-refractivity contribution in [3.63, 3.8) is 0 Å². The molecule has 2 aromatic rings. The smallest absolute Gasteiger partial charge is 0.306 e. The summed E-state index contributed by atoms with van der Waals surface area (Å²) in [5.74, 6) is -1.41. The standard InChI is InChI=1S/C19H19NO2/c1-2-15(18(21)22)13-19(14-20,16-9-5-3-6-10-16)17-11-7-4-8-12-17/h3-12,15H,2,13H2,1H3,(H,21,22). The molecular formula is C19H19NO2. The molecule has 0 aliphatic heterocycles. The average molecular weight is 293 g/mol. The summed E-state index contributed by atoms with van der Waals surface area (Å²) < 4.78 is 0. The topological polar surface area (TPSA) is 61.1 Å². The summed E-state index contributed by atoms with van der Waals surface area (Å²) in [6, 6.07) is 21.3. The largest absolute Gasteiger partial charge is 0.481 e. The molecule has 0 bridgehead atoms. The maximum Gasteiger partial charge on any atom is 0.306 e. The monoisotopic (exact) mass is 293 g/mol. The summed E-state index contributed by atoms with van der Waals surface area (Å²) >= 11 is 0. The molecule has 0 heterocycles. The molecule has 0 saturated carbocycles. The van der Waals surface area contributed by atoms with Crippen LogP contribution in [0.3, 0.4) is 0 Å². The number of nitrogens with zero attached hydrogens (tertiary/aromatic N) is 1. The third-order valence-corrected chi connectivity index (χ3v) is 4.12. The second kappa shape index (κ2) is 6.91.